The summed E-state index contributed by atoms with van der Waals surface area (Å²) in [6.45, 7) is 4.34. The van der Waals surface area contributed by atoms with E-state index in [1.54, 1.807) is 41.7 Å². The second kappa shape index (κ2) is 10.3. The maximum Gasteiger partial charge on any atom is 0.254 e. The molecule has 4 aromatic rings. The highest BCUT2D eigenvalue weighted by Gasteiger charge is 2.38. The number of likely N-dealkylation sites (tertiary alicyclic amines) is 2. The van der Waals surface area contributed by atoms with Crippen molar-refractivity contribution >= 4 is 28.0 Å². The molecule has 0 aliphatic carbocycles. The number of halogens is 2. The van der Waals surface area contributed by atoms with Crippen LogP contribution in [0.5, 0.6) is 0 Å². The summed E-state index contributed by atoms with van der Waals surface area (Å²) in [7, 11) is 0. The van der Waals surface area contributed by atoms with Crippen LogP contribution in [0.1, 0.15) is 46.2 Å². The number of fused-ring (bicyclic) bond motifs is 1. The number of piperidine rings is 1. The lowest BCUT2D eigenvalue weighted by Gasteiger charge is -2.34. The van der Waals surface area contributed by atoms with Crippen LogP contribution >= 0.6 is 11.3 Å². The van der Waals surface area contributed by atoms with Crippen molar-refractivity contribution in [2.75, 3.05) is 32.7 Å². The molecule has 0 radical (unpaired) electrons. The Morgan fingerprint density at radius 3 is 2.35 bits per heavy atom. The zero-order valence-corrected chi connectivity index (χ0v) is 21.5. The van der Waals surface area contributed by atoms with E-state index in [4.69, 9.17) is 0 Å². The Balaban J connectivity index is 1.18. The molecular formula is C31H30F2N2OS. The standard InChI is InChI=1S/C31H30F2N2OS/c32-25-7-5-21(6-8-25)22-11-14-34(15-12-22)17-24-18-35(19-29(24)23-13-16-37-20-23)31(36)28-9-10-30(33)27-4-2-1-3-26(27)28/h1-10,13,16,20,22,24,29H,11-12,14-15,17-19H2. The molecule has 3 heterocycles. The minimum Gasteiger partial charge on any atom is -0.338 e. The van der Waals surface area contributed by atoms with Crippen LogP contribution < -0.4 is 0 Å². The first-order chi connectivity index (χ1) is 18.1. The topological polar surface area (TPSA) is 23.6 Å². The Hall–Kier alpha value is -3.09. The zero-order chi connectivity index (χ0) is 25.4. The van der Waals surface area contributed by atoms with E-state index in [2.05, 4.69) is 21.7 Å². The summed E-state index contributed by atoms with van der Waals surface area (Å²) in [6, 6.07) is 19.4. The van der Waals surface area contributed by atoms with Crippen LogP contribution in [0.25, 0.3) is 10.8 Å². The predicted molar refractivity (Wildman–Crippen MR) is 145 cm³/mol. The number of hydrogen-bond donors (Lipinski definition) is 0. The highest BCUT2D eigenvalue weighted by atomic mass is 32.1. The lowest BCUT2D eigenvalue weighted by Crippen LogP contribution is -2.38. The molecular weight excluding hydrogens is 486 g/mol. The molecule has 37 heavy (non-hydrogen) atoms. The predicted octanol–water partition coefficient (Wildman–Crippen LogP) is 6.91. The lowest BCUT2D eigenvalue weighted by atomic mass is 9.87. The molecule has 3 nitrogen and oxygen atoms in total. The van der Waals surface area contributed by atoms with Crippen molar-refractivity contribution < 1.29 is 13.6 Å². The smallest absolute Gasteiger partial charge is 0.254 e. The Morgan fingerprint density at radius 1 is 0.865 bits per heavy atom. The molecule has 2 fully saturated rings. The molecule has 2 atom stereocenters. The summed E-state index contributed by atoms with van der Waals surface area (Å²) in [5.41, 5.74) is 3.10. The average molecular weight is 517 g/mol. The second-order valence-corrected chi connectivity index (χ2v) is 11.2. The molecule has 2 saturated heterocycles. The van der Waals surface area contributed by atoms with E-state index in [9.17, 15) is 13.6 Å². The monoisotopic (exact) mass is 516 g/mol. The number of nitrogens with zero attached hydrogens (tertiary/aromatic N) is 2. The van der Waals surface area contributed by atoms with Gasteiger partial charge in [0.05, 0.1) is 0 Å². The fraction of sp³-hybridized carbons (Fsp3) is 0.323. The summed E-state index contributed by atoms with van der Waals surface area (Å²) in [5, 5.41) is 5.48. The van der Waals surface area contributed by atoms with Gasteiger partial charge in [-0.3, -0.25) is 4.79 Å². The first kappa shape index (κ1) is 24.3. The number of thiophene rings is 1. The van der Waals surface area contributed by atoms with Gasteiger partial charge in [0.2, 0.25) is 0 Å². The van der Waals surface area contributed by atoms with Crippen molar-refractivity contribution in [2.45, 2.75) is 24.7 Å². The van der Waals surface area contributed by atoms with E-state index in [1.165, 1.54) is 17.2 Å². The van der Waals surface area contributed by atoms with Crippen LogP contribution in [0.4, 0.5) is 8.78 Å². The van der Waals surface area contributed by atoms with Crippen LogP contribution in [0.3, 0.4) is 0 Å². The van der Waals surface area contributed by atoms with Gasteiger partial charge >= 0.3 is 0 Å². The molecule has 2 unspecified atom stereocenters. The van der Waals surface area contributed by atoms with Crippen molar-refractivity contribution in [3.8, 4) is 0 Å². The van der Waals surface area contributed by atoms with Gasteiger partial charge in [-0.2, -0.15) is 11.3 Å². The van der Waals surface area contributed by atoms with Gasteiger partial charge in [0.1, 0.15) is 11.6 Å². The van der Waals surface area contributed by atoms with Gasteiger partial charge in [0.15, 0.2) is 0 Å². The highest BCUT2D eigenvalue weighted by Crippen LogP contribution is 2.37. The van der Waals surface area contributed by atoms with Crippen molar-refractivity contribution in [1.29, 1.82) is 0 Å². The number of carbonyl (C=O) groups excluding carboxylic acids is 1. The number of amides is 1. The van der Waals surface area contributed by atoms with Crippen LogP contribution in [0.15, 0.2) is 77.5 Å². The average Bonchev–Trinajstić information content (AvgIpc) is 3.60. The third-order valence-corrected chi connectivity index (χ3v) is 8.92. The van der Waals surface area contributed by atoms with Gasteiger partial charge in [-0.05, 0) is 95.4 Å². The fourth-order valence-corrected chi connectivity index (χ4v) is 6.95. The van der Waals surface area contributed by atoms with Gasteiger partial charge in [-0.25, -0.2) is 8.78 Å². The van der Waals surface area contributed by atoms with Crippen molar-refractivity contribution in [3.05, 3.63) is 106 Å². The summed E-state index contributed by atoms with van der Waals surface area (Å²) in [5.74, 6) is 0.595. The number of rotatable bonds is 5. The van der Waals surface area contributed by atoms with E-state index >= 15 is 0 Å². The zero-order valence-electron chi connectivity index (χ0n) is 20.7. The van der Waals surface area contributed by atoms with Gasteiger partial charge in [0.25, 0.3) is 5.91 Å². The summed E-state index contributed by atoms with van der Waals surface area (Å²) < 4.78 is 27.7. The van der Waals surface area contributed by atoms with Gasteiger partial charge < -0.3 is 9.80 Å². The van der Waals surface area contributed by atoms with Crippen LogP contribution in [0, 0.1) is 17.6 Å². The van der Waals surface area contributed by atoms with Gasteiger partial charge in [-0.15, -0.1) is 0 Å². The Bertz CT molecular complexity index is 1380. The minimum atomic E-state index is -0.299. The molecule has 6 rings (SSSR count). The third-order valence-electron chi connectivity index (χ3n) is 8.22. The molecule has 2 aliphatic heterocycles. The van der Waals surface area contributed by atoms with Crippen molar-refractivity contribution in [1.82, 2.24) is 9.80 Å². The van der Waals surface area contributed by atoms with Crippen LogP contribution in [-0.2, 0) is 0 Å². The summed E-state index contributed by atoms with van der Waals surface area (Å²) in [4.78, 5) is 18.2. The Kier molecular flexibility index (Phi) is 6.78. The molecule has 0 saturated carbocycles. The number of carbonyl (C=O) groups is 1. The normalized spacial score (nSPS) is 21.1. The number of hydrogen-bond acceptors (Lipinski definition) is 3. The molecule has 3 aromatic carbocycles. The van der Waals surface area contributed by atoms with E-state index in [0.29, 0.717) is 41.3 Å². The first-order valence-electron chi connectivity index (χ1n) is 13.0. The van der Waals surface area contributed by atoms with E-state index in [0.717, 1.165) is 32.5 Å². The molecule has 0 bridgehead atoms. The summed E-state index contributed by atoms with van der Waals surface area (Å²) >= 11 is 1.70. The van der Waals surface area contributed by atoms with E-state index in [-0.39, 0.29) is 23.5 Å². The van der Waals surface area contributed by atoms with Crippen LogP contribution in [-0.4, -0.2) is 48.4 Å². The quantitative estimate of drug-likeness (QED) is 0.288. The SMILES string of the molecule is O=C(c1ccc(F)c2ccccc12)N1CC(CN2CCC(c3ccc(F)cc3)CC2)C(c2ccsc2)C1. The molecule has 190 valence electrons. The van der Waals surface area contributed by atoms with Crippen molar-refractivity contribution in [2.24, 2.45) is 5.92 Å². The molecule has 0 N–H and O–H groups in total. The van der Waals surface area contributed by atoms with Crippen LogP contribution in [0.2, 0.25) is 0 Å². The Labute approximate surface area is 220 Å². The number of benzene rings is 3. The largest absolute Gasteiger partial charge is 0.338 e. The van der Waals surface area contributed by atoms with Crippen molar-refractivity contribution in [3.63, 3.8) is 0 Å². The van der Waals surface area contributed by atoms with E-state index < -0.39 is 0 Å². The molecule has 6 heteroatoms. The maximum absolute atomic E-state index is 14.4. The highest BCUT2D eigenvalue weighted by molar-refractivity contribution is 7.08. The molecule has 1 aromatic heterocycles. The second-order valence-electron chi connectivity index (χ2n) is 10.4. The Morgan fingerprint density at radius 2 is 1.62 bits per heavy atom. The molecule has 1 amide bonds. The third kappa shape index (κ3) is 4.92. The lowest BCUT2D eigenvalue weighted by molar-refractivity contribution is 0.0783. The van der Waals surface area contributed by atoms with Gasteiger partial charge in [0, 0.05) is 36.5 Å². The fourth-order valence-electron chi connectivity index (χ4n) is 6.22. The molecule has 2 aliphatic rings. The van der Waals surface area contributed by atoms with Gasteiger partial charge in [-0.1, -0.05) is 36.4 Å². The minimum absolute atomic E-state index is 0.0195. The maximum atomic E-state index is 14.4. The van der Waals surface area contributed by atoms with E-state index in [1.807, 2.05) is 29.2 Å². The summed E-state index contributed by atoms with van der Waals surface area (Å²) in [6.07, 6.45) is 2.12. The molecule has 0 spiro atoms. The first-order valence-corrected chi connectivity index (χ1v) is 14.0.